The van der Waals surface area contributed by atoms with E-state index in [1.807, 2.05) is 0 Å². The van der Waals surface area contributed by atoms with Gasteiger partial charge >= 0.3 is 0 Å². The maximum Gasteiger partial charge on any atom is 0.129 e. The van der Waals surface area contributed by atoms with E-state index in [1.54, 1.807) is 0 Å². The number of hydrogen-bond acceptors (Lipinski definition) is 2. The van der Waals surface area contributed by atoms with Crippen LogP contribution in [-0.2, 0) is 9.47 Å². The Morgan fingerprint density at radius 3 is 2.86 bits per heavy atom. The number of hydrogen-bond donors (Lipinski definition) is 0. The van der Waals surface area contributed by atoms with Gasteiger partial charge in [-0.05, 0) is 44.4 Å². The first-order valence-corrected chi connectivity index (χ1v) is 6.03. The summed E-state index contributed by atoms with van der Waals surface area (Å²) in [7, 11) is 0. The highest BCUT2D eigenvalue weighted by Crippen LogP contribution is 2.71. The summed E-state index contributed by atoms with van der Waals surface area (Å²) in [6.07, 6.45) is 6.24. The minimum Gasteiger partial charge on any atom is -0.366 e. The van der Waals surface area contributed by atoms with Crippen LogP contribution in [0.1, 0.15) is 39.5 Å². The molecule has 2 saturated heterocycles. The first-order chi connectivity index (χ1) is 6.67. The number of fused-ring (bicyclic) bond motifs is 1. The number of epoxide rings is 2. The van der Waals surface area contributed by atoms with Gasteiger partial charge in [-0.1, -0.05) is 6.92 Å². The van der Waals surface area contributed by atoms with Crippen LogP contribution < -0.4 is 0 Å². The van der Waals surface area contributed by atoms with E-state index in [-0.39, 0.29) is 11.2 Å². The second-order valence-corrected chi connectivity index (χ2v) is 5.92. The van der Waals surface area contributed by atoms with Gasteiger partial charge in [-0.3, -0.25) is 0 Å². The third-order valence-corrected chi connectivity index (χ3v) is 5.26. The average molecular weight is 194 g/mol. The van der Waals surface area contributed by atoms with Crippen molar-refractivity contribution >= 4 is 0 Å². The van der Waals surface area contributed by atoms with Gasteiger partial charge in [-0.2, -0.15) is 0 Å². The molecule has 0 aromatic rings. The Balaban J connectivity index is 1.78. The molecular weight excluding hydrogens is 176 g/mol. The van der Waals surface area contributed by atoms with E-state index in [1.165, 1.54) is 25.7 Å². The maximum absolute atomic E-state index is 6.11. The molecule has 1 unspecified atom stereocenters. The third kappa shape index (κ3) is 0.674. The summed E-state index contributed by atoms with van der Waals surface area (Å²) in [6.45, 7) is 4.70. The molecule has 0 N–H and O–H groups in total. The Morgan fingerprint density at radius 1 is 1.21 bits per heavy atom. The molecule has 2 aliphatic carbocycles. The molecule has 78 valence electrons. The van der Waals surface area contributed by atoms with Gasteiger partial charge in [-0.15, -0.1) is 0 Å². The Morgan fingerprint density at radius 2 is 2.07 bits per heavy atom. The van der Waals surface area contributed by atoms with E-state index in [9.17, 15) is 0 Å². The molecule has 2 heterocycles. The van der Waals surface area contributed by atoms with E-state index in [0.717, 1.165) is 11.8 Å². The standard InChI is InChI=1S/C12H18O2/c1-7-3-4-9-10(13-9)12-8(7)5-6-11(12,2)14-12/h7-10H,3-6H2,1-2H3/t7-,8-,9-,10-,11+,12?/m0/s1. The molecule has 0 bridgehead atoms. The molecule has 0 aromatic carbocycles. The van der Waals surface area contributed by atoms with E-state index in [4.69, 9.17) is 9.47 Å². The normalized spacial score (nSPS) is 69.0. The lowest BCUT2D eigenvalue weighted by molar-refractivity contribution is 0.105. The summed E-state index contributed by atoms with van der Waals surface area (Å²) in [4.78, 5) is 0. The maximum atomic E-state index is 6.11. The van der Waals surface area contributed by atoms with Crippen LogP contribution in [0.5, 0.6) is 0 Å². The largest absolute Gasteiger partial charge is 0.366 e. The molecular formula is C12H18O2. The zero-order chi connectivity index (χ0) is 9.55. The Labute approximate surface area is 85.0 Å². The third-order valence-electron chi connectivity index (χ3n) is 5.26. The van der Waals surface area contributed by atoms with Crippen LogP contribution >= 0.6 is 0 Å². The van der Waals surface area contributed by atoms with E-state index >= 15 is 0 Å². The van der Waals surface area contributed by atoms with Crippen LogP contribution in [-0.4, -0.2) is 23.4 Å². The molecule has 14 heavy (non-hydrogen) atoms. The predicted molar refractivity (Wildman–Crippen MR) is 52.0 cm³/mol. The molecule has 2 nitrogen and oxygen atoms in total. The molecule has 0 amide bonds. The summed E-state index contributed by atoms with van der Waals surface area (Å²) >= 11 is 0. The smallest absolute Gasteiger partial charge is 0.129 e. The zero-order valence-corrected chi connectivity index (χ0v) is 8.95. The Hall–Kier alpha value is -0.0800. The highest BCUT2D eigenvalue weighted by molar-refractivity contribution is 5.30. The summed E-state index contributed by atoms with van der Waals surface area (Å²) in [6, 6.07) is 0. The number of rotatable bonds is 0. The fourth-order valence-electron chi connectivity index (χ4n) is 4.35. The van der Waals surface area contributed by atoms with Crippen molar-refractivity contribution in [3.8, 4) is 0 Å². The highest BCUT2D eigenvalue weighted by Gasteiger charge is 2.82. The van der Waals surface area contributed by atoms with Crippen LogP contribution in [0, 0.1) is 11.8 Å². The van der Waals surface area contributed by atoms with Gasteiger partial charge in [0.05, 0.1) is 11.7 Å². The van der Waals surface area contributed by atoms with E-state index in [0.29, 0.717) is 12.2 Å². The van der Waals surface area contributed by atoms with Gasteiger partial charge in [0.1, 0.15) is 11.7 Å². The molecule has 0 radical (unpaired) electrons. The second kappa shape index (κ2) is 2.05. The van der Waals surface area contributed by atoms with Crippen LogP contribution in [0.25, 0.3) is 0 Å². The lowest BCUT2D eigenvalue weighted by Gasteiger charge is -2.24. The Bertz CT molecular complexity index is 303. The van der Waals surface area contributed by atoms with Crippen LogP contribution in [0.15, 0.2) is 0 Å². The van der Waals surface area contributed by atoms with Crippen molar-refractivity contribution in [2.75, 3.05) is 0 Å². The first kappa shape index (κ1) is 8.12. The first-order valence-electron chi connectivity index (χ1n) is 6.03. The molecule has 4 aliphatic rings. The number of ether oxygens (including phenoxy) is 2. The van der Waals surface area contributed by atoms with Gasteiger partial charge in [0, 0.05) is 0 Å². The van der Waals surface area contributed by atoms with Gasteiger partial charge in [0.25, 0.3) is 0 Å². The fraction of sp³-hybridized carbons (Fsp3) is 1.00. The van der Waals surface area contributed by atoms with Crippen LogP contribution in [0.3, 0.4) is 0 Å². The van der Waals surface area contributed by atoms with Gasteiger partial charge in [0.2, 0.25) is 0 Å². The van der Waals surface area contributed by atoms with Crippen LogP contribution in [0.2, 0.25) is 0 Å². The summed E-state index contributed by atoms with van der Waals surface area (Å²) in [5, 5.41) is 0. The minimum absolute atomic E-state index is 0.160. The van der Waals surface area contributed by atoms with Gasteiger partial charge < -0.3 is 9.47 Å². The molecule has 0 aromatic heterocycles. The molecule has 1 spiro atoms. The molecule has 2 heteroatoms. The predicted octanol–water partition coefficient (Wildman–Crippen LogP) is 2.12. The highest BCUT2D eigenvalue weighted by atomic mass is 16.7. The SMILES string of the molecule is C[C@H]1CC[C@@H]2O[C@@H]2C23O[C@]2(C)CC[C@@H]13. The topological polar surface area (TPSA) is 25.1 Å². The summed E-state index contributed by atoms with van der Waals surface area (Å²) in [5.74, 6) is 1.63. The van der Waals surface area contributed by atoms with E-state index < -0.39 is 0 Å². The van der Waals surface area contributed by atoms with Crippen molar-refractivity contribution in [3.63, 3.8) is 0 Å². The van der Waals surface area contributed by atoms with Crippen LogP contribution in [0.4, 0.5) is 0 Å². The quantitative estimate of drug-likeness (QED) is 0.552. The molecule has 6 atom stereocenters. The van der Waals surface area contributed by atoms with Gasteiger partial charge in [0.15, 0.2) is 0 Å². The minimum atomic E-state index is 0.160. The summed E-state index contributed by atoms with van der Waals surface area (Å²) < 4.78 is 11.9. The van der Waals surface area contributed by atoms with Crippen molar-refractivity contribution in [2.24, 2.45) is 11.8 Å². The van der Waals surface area contributed by atoms with E-state index in [2.05, 4.69) is 13.8 Å². The fourth-order valence-corrected chi connectivity index (χ4v) is 4.35. The monoisotopic (exact) mass is 194 g/mol. The lowest BCUT2D eigenvalue weighted by atomic mass is 9.80. The van der Waals surface area contributed by atoms with Crippen molar-refractivity contribution in [2.45, 2.75) is 62.9 Å². The van der Waals surface area contributed by atoms with Crippen molar-refractivity contribution in [1.29, 1.82) is 0 Å². The van der Waals surface area contributed by atoms with Gasteiger partial charge in [-0.25, -0.2) is 0 Å². The second-order valence-electron chi connectivity index (χ2n) is 5.92. The van der Waals surface area contributed by atoms with Crippen molar-refractivity contribution in [1.82, 2.24) is 0 Å². The lowest BCUT2D eigenvalue weighted by Crippen LogP contribution is -2.34. The molecule has 4 rings (SSSR count). The zero-order valence-electron chi connectivity index (χ0n) is 8.95. The summed E-state index contributed by atoms with van der Waals surface area (Å²) in [5.41, 5.74) is 0.350. The van der Waals surface area contributed by atoms with Crippen molar-refractivity contribution in [3.05, 3.63) is 0 Å². The molecule has 4 fully saturated rings. The molecule has 2 saturated carbocycles. The van der Waals surface area contributed by atoms with Crippen molar-refractivity contribution < 1.29 is 9.47 Å². The average Bonchev–Trinajstić information content (AvgIpc) is 2.99. The Kier molecular flexibility index (Phi) is 1.19. The molecule has 2 aliphatic heterocycles.